The van der Waals surface area contributed by atoms with E-state index in [9.17, 15) is 14.4 Å². The molecule has 1 saturated heterocycles. The molecule has 1 aliphatic rings. The van der Waals surface area contributed by atoms with E-state index in [0.29, 0.717) is 38.3 Å². The molecule has 23 heavy (non-hydrogen) atoms. The fraction of sp³-hybridized carbons (Fsp3) is 0.800. The van der Waals surface area contributed by atoms with Gasteiger partial charge in [0.1, 0.15) is 0 Å². The molecule has 0 spiro atoms. The average molecular weight is 438 g/mol. The lowest BCUT2D eigenvalue weighted by Gasteiger charge is -2.38. The van der Waals surface area contributed by atoms with Gasteiger partial charge in [0.25, 0.3) is 3.91 Å². The zero-order valence-electron chi connectivity index (χ0n) is 13.9. The molecule has 0 bridgehead atoms. The maximum atomic E-state index is 12.0. The normalized spacial score (nSPS) is 21.5. The van der Waals surface area contributed by atoms with E-state index in [1.807, 2.05) is 0 Å². The van der Waals surface area contributed by atoms with Gasteiger partial charge in [0.2, 0.25) is 11.8 Å². The largest absolute Gasteiger partial charge is 0.354 e. The van der Waals surface area contributed by atoms with Crippen LogP contribution in [0.25, 0.3) is 0 Å². The van der Waals surface area contributed by atoms with Crippen LogP contribution in [0.5, 0.6) is 0 Å². The zero-order valence-corrected chi connectivity index (χ0v) is 16.0. The Morgan fingerprint density at radius 1 is 0.957 bits per heavy atom. The average Bonchev–Trinajstić information content (AvgIpc) is 2.47. The lowest BCUT2D eigenvalue weighted by atomic mass is 9.97. The monoisotopic (exact) mass is 438 g/mol. The molecule has 2 atom stereocenters. The van der Waals surface area contributed by atoms with Crippen molar-refractivity contribution in [1.82, 2.24) is 20.9 Å². The summed E-state index contributed by atoms with van der Waals surface area (Å²) in [5, 5.41) is 8.07. The summed E-state index contributed by atoms with van der Waals surface area (Å²) in [6.45, 7) is 5.84. The molecule has 2 unspecified atom stereocenters. The standard InChI is InChI=1S/C15H27IN4O3/c1-11-4-3-5-12(2)20(11)10-14(22)17-7-6-13(21)18-8-9-19-15(16)23/h11-12H,3-10H2,1-2H3,(H,17,22)(H,18,21)(H,19,23). The Hall–Kier alpha value is -0.900. The fourth-order valence-electron chi connectivity index (χ4n) is 2.77. The van der Waals surface area contributed by atoms with Crippen LogP contribution in [0.2, 0.25) is 0 Å². The summed E-state index contributed by atoms with van der Waals surface area (Å²) < 4.78 is -0.148. The minimum Gasteiger partial charge on any atom is -0.354 e. The molecule has 8 heteroatoms. The molecule has 1 heterocycles. The molecular weight excluding hydrogens is 411 g/mol. The van der Waals surface area contributed by atoms with Crippen molar-refractivity contribution in [3.8, 4) is 0 Å². The minimum absolute atomic E-state index is 0.0319. The van der Waals surface area contributed by atoms with Crippen molar-refractivity contribution in [1.29, 1.82) is 0 Å². The summed E-state index contributed by atoms with van der Waals surface area (Å²) in [5.74, 6) is -0.164. The first kappa shape index (κ1) is 20.1. The van der Waals surface area contributed by atoms with Crippen LogP contribution in [0.1, 0.15) is 39.5 Å². The van der Waals surface area contributed by atoms with Crippen LogP contribution in [0, 0.1) is 0 Å². The van der Waals surface area contributed by atoms with Crippen molar-refractivity contribution >= 4 is 38.3 Å². The molecule has 1 fully saturated rings. The summed E-state index contributed by atoms with van der Waals surface area (Å²) >= 11 is 1.64. The first-order valence-electron chi connectivity index (χ1n) is 8.12. The van der Waals surface area contributed by atoms with Gasteiger partial charge in [-0.2, -0.15) is 0 Å². The number of nitrogens with one attached hydrogen (secondary N) is 3. The molecule has 0 aromatic heterocycles. The van der Waals surface area contributed by atoms with E-state index in [0.717, 1.165) is 12.8 Å². The molecule has 1 aliphatic heterocycles. The molecule has 0 aliphatic carbocycles. The van der Waals surface area contributed by atoms with Crippen LogP contribution >= 0.6 is 22.6 Å². The van der Waals surface area contributed by atoms with Crippen molar-refractivity contribution < 1.29 is 14.4 Å². The number of nitrogens with zero attached hydrogens (tertiary/aromatic N) is 1. The zero-order chi connectivity index (χ0) is 17.2. The highest BCUT2D eigenvalue weighted by molar-refractivity contribution is 14.1. The molecular formula is C15H27IN4O3. The molecule has 3 N–H and O–H groups in total. The van der Waals surface area contributed by atoms with Crippen molar-refractivity contribution in [2.75, 3.05) is 26.2 Å². The predicted molar refractivity (Wildman–Crippen MR) is 97.5 cm³/mol. The molecule has 0 aromatic carbocycles. The number of hydrogen-bond acceptors (Lipinski definition) is 4. The lowest BCUT2D eigenvalue weighted by molar-refractivity contribution is -0.124. The van der Waals surface area contributed by atoms with Crippen molar-refractivity contribution in [3.05, 3.63) is 0 Å². The number of piperidine rings is 1. The summed E-state index contributed by atoms with van der Waals surface area (Å²) in [7, 11) is 0. The Morgan fingerprint density at radius 3 is 2.13 bits per heavy atom. The van der Waals surface area contributed by atoms with E-state index in [-0.39, 0.29) is 22.1 Å². The second kappa shape index (κ2) is 10.8. The van der Waals surface area contributed by atoms with Crippen LogP contribution in [0.4, 0.5) is 4.79 Å². The van der Waals surface area contributed by atoms with Gasteiger partial charge in [0, 0.05) is 60.7 Å². The maximum Gasteiger partial charge on any atom is 0.280 e. The summed E-state index contributed by atoms with van der Waals surface area (Å²) in [4.78, 5) is 36.4. The molecule has 7 nitrogen and oxygen atoms in total. The number of halogens is 1. The van der Waals surface area contributed by atoms with Crippen molar-refractivity contribution in [2.45, 2.75) is 51.6 Å². The Labute approximate surface area is 151 Å². The van der Waals surface area contributed by atoms with Crippen LogP contribution in [0.3, 0.4) is 0 Å². The Balaban J connectivity index is 2.13. The minimum atomic E-state index is -0.148. The van der Waals surface area contributed by atoms with Crippen LogP contribution in [0.15, 0.2) is 0 Å². The first-order chi connectivity index (χ1) is 10.9. The van der Waals surface area contributed by atoms with Crippen LogP contribution in [-0.4, -0.2) is 58.9 Å². The topological polar surface area (TPSA) is 90.5 Å². The third-order valence-corrected chi connectivity index (χ3v) is 4.47. The van der Waals surface area contributed by atoms with E-state index in [4.69, 9.17) is 0 Å². The highest BCUT2D eigenvalue weighted by Crippen LogP contribution is 2.21. The van der Waals surface area contributed by atoms with E-state index < -0.39 is 0 Å². The molecule has 0 aromatic rings. The van der Waals surface area contributed by atoms with Gasteiger partial charge in [-0.25, -0.2) is 0 Å². The fourth-order valence-corrected chi connectivity index (χ4v) is 3.04. The second-order valence-electron chi connectivity index (χ2n) is 5.95. The quantitative estimate of drug-likeness (QED) is 0.229. The molecule has 1 rings (SSSR count). The summed E-state index contributed by atoms with van der Waals surface area (Å²) in [5.41, 5.74) is 0. The number of carbonyl (C=O) groups excluding carboxylic acids is 3. The number of hydrogen-bond donors (Lipinski definition) is 3. The van der Waals surface area contributed by atoms with E-state index >= 15 is 0 Å². The Kier molecular flexibility index (Phi) is 9.46. The van der Waals surface area contributed by atoms with Gasteiger partial charge in [-0.15, -0.1) is 0 Å². The van der Waals surface area contributed by atoms with E-state index in [1.54, 1.807) is 22.6 Å². The van der Waals surface area contributed by atoms with Gasteiger partial charge in [-0.1, -0.05) is 6.42 Å². The van der Waals surface area contributed by atoms with Crippen LogP contribution < -0.4 is 16.0 Å². The Morgan fingerprint density at radius 2 is 1.52 bits per heavy atom. The third kappa shape index (κ3) is 8.50. The number of amides is 3. The predicted octanol–water partition coefficient (Wildman–Crippen LogP) is 1.02. The van der Waals surface area contributed by atoms with Crippen LogP contribution in [-0.2, 0) is 9.59 Å². The highest BCUT2D eigenvalue weighted by Gasteiger charge is 2.26. The van der Waals surface area contributed by atoms with Gasteiger partial charge in [-0.05, 0) is 26.7 Å². The Bertz CT molecular complexity index is 410. The highest BCUT2D eigenvalue weighted by atomic mass is 127. The van der Waals surface area contributed by atoms with Crippen molar-refractivity contribution in [3.63, 3.8) is 0 Å². The van der Waals surface area contributed by atoms with Gasteiger partial charge < -0.3 is 16.0 Å². The van der Waals surface area contributed by atoms with Gasteiger partial charge >= 0.3 is 0 Å². The van der Waals surface area contributed by atoms with E-state index in [1.165, 1.54) is 6.42 Å². The molecule has 0 saturated carbocycles. The summed E-state index contributed by atoms with van der Waals surface area (Å²) in [6.07, 6.45) is 3.73. The third-order valence-electron chi connectivity index (χ3n) is 4.09. The number of rotatable bonds is 8. The van der Waals surface area contributed by atoms with Gasteiger partial charge in [0.15, 0.2) is 0 Å². The smallest absolute Gasteiger partial charge is 0.280 e. The SMILES string of the molecule is CC1CCCC(C)N1CC(=O)NCCC(=O)NCCNC(=O)I. The molecule has 132 valence electrons. The number of likely N-dealkylation sites (tertiary alicyclic amines) is 1. The lowest BCUT2D eigenvalue weighted by Crippen LogP contribution is -2.49. The molecule has 0 radical (unpaired) electrons. The first-order valence-corrected chi connectivity index (χ1v) is 9.20. The van der Waals surface area contributed by atoms with Crippen molar-refractivity contribution in [2.24, 2.45) is 0 Å². The van der Waals surface area contributed by atoms with Gasteiger partial charge in [-0.3, -0.25) is 19.3 Å². The van der Waals surface area contributed by atoms with E-state index in [2.05, 4.69) is 34.7 Å². The molecule has 3 amide bonds. The maximum absolute atomic E-state index is 12.0. The summed E-state index contributed by atoms with van der Waals surface area (Å²) in [6, 6.07) is 0.863. The number of carbonyl (C=O) groups is 3. The van der Waals surface area contributed by atoms with Gasteiger partial charge in [0.05, 0.1) is 6.54 Å². The second-order valence-corrected chi connectivity index (χ2v) is 6.93.